The summed E-state index contributed by atoms with van der Waals surface area (Å²) in [5.41, 5.74) is 3.87. The number of hydrogen-bond acceptors (Lipinski definition) is 2. The van der Waals surface area contributed by atoms with Gasteiger partial charge >= 0.3 is 0 Å². The number of H-pyrrole nitrogens is 1. The van der Waals surface area contributed by atoms with Crippen LogP contribution in [0.3, 0.4) is 0 Å². The molecule has 0 saturated heterocycles. The molecule has 2 N–H and O–H groups in total. The number of halogens is 2. The van der Waals surface area contributed by atoms with E-state index in [-0.39, 0.29) is 25.0 Å². The highest BCUT2D eigenvalue weighted by Crippen LogP contribution is 2.35. The zero-order chi connectivity index (χ0) is 18.3. The lowest BCUT2D eigenvalue weighted by Gasteiger charge is -2.35. The summed E-state index contributed by atoms with van der Waals surface area (Å²) in [6.07, 6.45) is 0.992. The van der Waals surface area contributed by atoms with Gasteiger partial charge in [0.05, 0.1) is 19.1 Å². The zero-order valence-electron chi connectivity index (χ0n) is 14.0. The summed E-state index contributed by atoms with van der Waals surface area (Å²) in [7, 11) is 0. The maximum absolute atomic E-state index is 12.9. The molecule has 4 nitrogen and oxygen atoms in total. The van der Waals surface area contributed by atoms with Crippen molar-refractivity contribution in [2.45, 2.75) is 18.9 Å². The van der Waals surface area contributed by atoms with Gasteiger partial charge in [0.15, 0.2) is 0 Å². The topological polar surface area (TPSA) is 56.3 Å². The Kier molecular flexibility index (Phi) is 4.65. The van der Waals surface area contributed by atoms with E-state index in [2.05, 4.69) is 4.98 Å². The molecule has 1 unspecified atom stereocenters. The molecule has 3 aromatic rings. The van der Waals surface area contributed by atoms with Crippen LogP contribution < -0.4 is 0 Å². The summed E-state index contributed by atoms with van der Waals surface area (Å²) < 4.78 is 0. The van der Waals surface area contributed by atoms with Crippen LogP contribution in [0.4, 0.5) is 0 Å². The van der Waals surface area contributed by atoms with Gasteiger partial charge in [-0.1, -0.05) is 35.3 Å². The first-order valence-corrected chi connectivity index (χ1v) is 9.27. The van der Waals surface area contributed by atoms with E-state index in [0.717, 1.165) is 34.1 Å². The lowest BCUT2D eigenvalue weighted by Crippen LogP contribution is -2.42. The van der Waals surface area contributed by atoms with Crippen LogP contribution in [0.25, 0.3) is 10.9 Å². The molecule has 1 aliphatic heterocycles. The lowest BCUT2D eigenvalue weighted by atomic mass is 9.97. The molecule has 1 atom stereocenters. The fourth-order valence-electron chi connectivity index (χ4n) is 3.75. The molecule has 0 fully saturated rings. The number of rotatable bonds is 3. The minimum Gasteiger partial charge on any atom is -0.394 e. The fraction of sp³-hybridized carbons (Fsp3) is 0.250. The van der Waals surface area contributed by atoms with Crippen LogP contribution in [-0.2, 0) is 17.6 Å². The van der Waals surface area contributed by atoms with Gasteiger partial charge in [-0.3, -0.25) is 4.79 Å². The van der Waals surface area contributed by atoms with Crippen LogP contribution in [0.1, 0.15) is 22.9 Å². The van der Waals surface area contributed by atoms with E-state index >= 15 is 0 Å². The molecule has 0 radical (unpaired) electrons. The van der Waals surface area contributed by atoms with Crippen LogP contribution in [0, 0.1) is 0 Å². The summed E-state index contributed by atoms with van der Waals surface area (Å²) in [4.78, 5) is 18.0. The van der Waals surface area contributed by atoms with Crippen molar-refractivity contribution in [1.29, 1.82) is 0 Å². The molecule has 0 spiro atoms. The number of amides is 1. The average molecular weight is 389 g/mol. The Balaban J connectivity index is 1.65. The van der Waals surface area contributed by atoms with Gasteiger partial charge in [-0.2, -0.15) is 0 Å². The van der Waals surface area contributed by atoms with Gasteiger partial charge in [-0.15, -0.1) is 0 Å². The van der Waals surface area contributed by atoms with E-state index in [1.165, 1.54) is 0 Å². The van der Waals surface area contributed by atoms with E-state index in [1.54, 1.807) is 17.0 Å². The second kappa shape index (κ2) is 6.95. The number of carbonyl (C=O) groups is 1. The van der Waals surface area contributed by atoms with Crippen molar-refractivity contribution in [1.82, 2.24) is 9.88 Å². The molecule has 134 valence electrons. The van der Waals surface area contributed by atoms with Crippen molar-refractivity contribution in [2.24, 2.45) is 0 Å². The summed E-state index contributed by atoms with van der Waals surface area (Å²) in [5, 5.41) is 12.3. The Morgan fingerprint density at radius 3 is 2.77 bits per heavy atom. The minimum absolute atomic E-state index is 0.0198. The number of carbonyl (C=O) groups excluding carboxylic acids is 1. The molecular weight excluding hydrogens is 371 g/mol. The maximum atomic E-state index is 12.9. The van der Waals surface area contributed by atoms with Crippen LogP contribution in [0.5, 0.6) is 0 Å². The number of nitrogens with one attached hydrogen (secondary N) is 1. The third-order valence-electron chi connectivity index (χ3n) is 4.95. The first kappa shape index (κ1) is 17.4. The number of fused-ring (bicyclic) bond motifs is 3. The largest absolute Gasteiger partial charge is 0.394 e. The fourth-order valence-corrected chi connectivity index (χ4v) is 4.13. The highest BCUT2D eigenvalue weighted by Gasteiger charge is 2.32. The molecule has 6 heteroatoms. The Hall–Kier alpha value is -2.01. The number of aliphatic hydroxyl groups excluding tert-OH is 1. The minimum atomic E-state index is -0.378. The van der Waals surface area contributed by atoms with E-state index in [0.29, 0.717) is 16.6 Å². The SMILES string of the molecule is O=C(Cc1cccc(Cl)c1)N1CCc2c([nH]c3ccc(Cl)cc23)C1CO. The number of hydrogen-bond donors (Lipinski definition) is 2. The van der Waals surface area contributed by atoms with Crippen molar-refractivity contribution < 1.29 is 9.90 Å². The van der Waals surface area contributed by atoms with Crippen molar-refractivity contribution in [2.75, 3.05) is 13.2 Å². The molecule has 1 aliphatic rings. The van der Waals surface area contributed by atoms with Crippen LogP contribution in [-0.4, -0.2) is 34.0 Å². The summed E-state index contributed by atoms with van der Waals surface area (Å²) >= 11 is 12.1. The second-order valence-corrected chi connectivity index (χ2v) is 7.42. The lowest BCUT2D eigenvalue weighted by molar-refractivity contribution is -0.134. The summed E-state index contributed by atoms with van der Waals surface area (Å²) in [5.74, 6) is -0.0198. The first-order chi connectivity index (χ1) is 12.6. The third kappa shape index (κ3) is 3.09. The Morgan fingerprint density at radius 2 is 2.00 bits per heavy atom. The molecule has 1 amide bonds. The number of aliphatic hydroxyl groups is 1. The zero-order valence-corrected chi connectivity index (χ0v) is 15.5. The van der Waals surface area contributed by atoms with Crippen LogP contribution in [0.15, 0.2) is 42.5 Å². The van der Waals surface area contributed by atoms with E-state index in [9.17, 15) is 9.90 Å². The van der Waals surface area contributed by atoms with Gasteiger partial charge in [0.2, 0.25) is 5.91 Å². The van der Waals surface area contributed by atoms with E-state index in [1.807, 2.05) is 30.3 Å². The molecular formula is C20H18Cl2N2O2. The van der Waals surface area contributed by atoms with Crippen LogP contribution >= 0.6 is 23.2 Å². The summed E-state index contributed by atoms with van der Waals surface area (Å²) in [6, 6.07) is 12.6. The molecule has 0 saturated carbocycles. The van der Waals surface area contributed by atoms with Gasteiger partial charge in [0, 0.05) is 33.2 Å². The van der Waals surface area contributed by atoms with Crippen LogP contribution in [0.2, 0.25) is 10.0 Å². The second-order valence-electron chi connectivity index (χ2n) is 6.55. The normalized spacial score (nSPS) is 16.7. The van der Waals surface area contributed by atoms with Crippen molar-refractivity contribution in [3.05, 3.63) is 69.3 Å². The smallest absolute Gasteiger partial charge is 0.227 e. The Labute approximate surface area is 161 Å². The quantitative estimate of drug-likeness (QED) is 0.708. The number of aromatic amines is 1. The van der Waals surface area contributed by atoms with Gasteiger partial charge in [0.25, 0.3) is 0 Å². The predicted molar refractivity (Wildman–Crippen MR) is 104 cm³/mol. The van der Waals surface area contributed by atoms with Crippen molar-refractivity contribution in [3.8, 4) is 0 Å². The molecule has 2 aromatic carbocycles. The maximum Gasteiger partial charge on any atom is 0.227 e. The van der Waals surface area contributed by atoms with Gasteiger partial charge < -0.3 is 15.0 Å². The first-order valence-electron chi connectivity index (χ1n) is 8.51. The van der Waals surface area contributed by atoms with Crippen molar-refractivity contribution >= 4 is 40.0 Å². The van der Waals surface area contributed by atoms with E-state index in [4.69, 9.17) is 23.2 Å². The highest BCUT2D eigenvalue weighted by molar-refractivity contribution is 6.31. The Bertz CT molecular complexity index is 983. The standard InChI is InChI=1S/C20H18Cl2N2O2/c21-13-3-1-2-12(8-13)9-19(26)24-7-6-15-16-10-14(22)4-5-17(16)23-20(15)18(24)11-25/h1-5,8,10,18,23,25H,6-7,9,11H2. The molecule has 0 aliphatic carbocycles. The van der Waals surface area contributed by atoms with Crippen molar-refractivity contribution in [3.63, 3.8) is 0 Å². The van der Waals surface area contributed by atoms with Gasteiger partial charge in [-0.25, -0.2) is 0 Å². The summed E-state index contributed by atoms with van der Waals surface area (Å²) in [6.45, 7) is 0.436. The molecule has 2 heterocycles. The average Bonchev–Trinajstić information content (AvgIpc) is 2.98. The molecule has 0 bridgehead atoms. The molecule has 1 aromatic heterocycles. The monoisotopic (exact) mass is 388 g/mol. The highest BCUT2D eigenvalue weighted by atomic mass is 35.5. The molecule has 4 rings (SSSR count). The van der Waals surface area contributed by atoms with Gasteiger partial charge in [0.1, 0.15) is 0 Å². The third-order valence-corrected chi connectivity index (χ3v) is 5.42. The van der Waals surface area contributed by atoms with E-state index < -0.39 is 0 Å². The number of nitrogens with zero attached hydrogens (tertiary/aromatic N) is 1. The number of aromatic nitrogens is 1. The Morgan fingerprint density at radius 1 is 1.19 bits per heavy atom. The number of benzene rings is 2. The van der Waals surface area contributed by atoms with Gasteiger partial charge in [-0.05, 0) is 47.9 Å². The predicted octanol–water partition coefficient (Wildman–Crippen LogP) is 4.14. The molecule has 26 heavy (non-hydrogen) atoms.